The SMILES string of the molecule is O=C(COc1ccc([N+](=O)[O-])cc1)Nc1cccc(C(=O)Nc2cccc(Cl)c2)c1. The van der Waals surface area contributed by atoms with Crippen LogP contribution >= 0.6 is 11.6 Å². The van der Waals surface area contributed by atoms with Crippen LogP contribution in [0.2, 0.25) is 5.02 Å². The van der Waals surface area contributed by atoms with Crippen LogP contribution < -0.4 is 15.4 Å². The summed E-state index contributed by atoms with van der Waals surface area (Å²) in [5, 5.41) is 16.5. The van der Waals surface area contributed by atoms with Gasteiger partial charge in [-0.15, -0.1) is 0 Å². The molecule has 8 nitrogen and oxygen atoms in total. The number of rotatable bonds is 7. The summed E-state index contributed by atoms with van der Waals surface area (Å²) in [6.45, 7) is -0.295. The summed E-state index contributed by atoms with van der Waals surface area (Å²) >= 11 is 5.91. The second kappa shape index (κ2) is 9.53. The van der Waals surface area contributed by atoms with E-state index < -0.39 is 10.8 Å². The second-order valence-corrected chi connectivity index (χ2v) is 6.57. The fourth-order valence-electron chi connectivity index (χ4n) is 2.52. The number of hydrogen-bond acceptors (Lipinski definition) is 5. The Morgan fingerprint density at radius 2 is 1.60 bits per heavy atom. The summed E-state index contributed by atoms with van der Waals surface area (Å²) in [5.41, 5.74) is 1.26. The standard InChI is InChI=1S/C21H16ClN3O5/c22-15-4-2-6-17(12-15)24-21(27)14-3-1-5-16(11-14)23-20(26)13-30-19-9-7-18(8-10-19)25(28)29/h1-12H,13H2,(H,23,26)(H,24,27). The first-order valence-electron chi connectivity index (χ1n) is 8.75. The van der Waals surface area contributed by atoms with E-state index in [-0.39, 0.29) is 18.2 Å². The Hall–Kier alpha value is -3.91. The zero-order valence-corrected chi connectivity index (χ0v) is 16.3. The summed E-state index contributed by atoms with van der Waals surface area (Å²) in [7, 11) is 0. The summed E-state index contributed by atoms with van der Waals surface area (Å²) in [5.74, 6) is -0.471. The van der Waals surface area contributed by atoms with E-state index in [9.17, 15) is 19.7 Å². The molecule has 0 heterocycles. The van der Waals surface area contributed by atoms with Crippen LogP contribution in [0.15, 0.2) is 72.8 Å². The molecule has 3 aromatic rings. The van der Waals surface area contributed by atoms with Gasteiger partial charge in [-0.05, 0) is 48.5 Å². The maximum absolute atomic E-state index is 12.4. The van der Waals surface area contributed by atoms with Crippen molar-refractivity contribution in [2.45, 2.75) is 0 Å². The summed E-state index contributed by atoms with van der Waals surface area (Å²) < 4.78 is 5.32. The maximum atomic E-state index is 12.4. The predicted molar refractivity (Wildman–Crippen MR) is 113 cm³/mol. The number of carbonyl (C=O) groups is 2. The first-order valence-corrected chi connectivity index (χ1v) is 9.12. The van der Waals surface area contributed by atoms with E-state index in [1.54, 1.807) is 42.5 Å². The zero-order valence-electron chi connectivity index (χ0n) is 15.5. The fourth-order valence-corrected chi connectivity index (χ4v) is 2.71. The summed E-state index contributed by atoms with van der Waals surface area (Å²) in [6.07, 6.45) is 0. The maximum Gasteiger partial charge on any atom is 0.269 e. The van der Waals surface area contributed by atoms with Gasteiger partial charge in [0.05, 0.1) is 4.92 Å². The lowest BCUT2D eigenvalue weighted by Gasteiger charge is -2.09. The van der Waals surface area contributed by atoms with Crippen molar-refractivity contribution < 1.29 is 19.2 Å². The molecule has 3 rings (SSSR count). The number of nitrogens with one attached hydrogen (secondary N) is 2. The zero-order chi connectivity index (χ0) is 21.5. The number of hydrogen-bond donors (Lipinski definition) is 2. The number of nitro groups is 1. The molecule has 0 radical (unpaired) electrons. The van der Waals surface area contributed by atoms with E-state index in [1.807, 2.05) is 0 Å². The Bertz CT molecular complexity index is 1090. The van der Waals surface area contributed by atoms with Gasteiger partial charge in [-0.25, -0.2) is 0 Å². The van der Waals surface area contributed by atoms with Gasteiger partial charge in [-0.1, -0.05) is 23.7 Å². The molecule has 0 fully saturated rings. The van der Waals surface area contributed by atoms with E-state index in [2.05, 4.69) is 10.6 Å². The van der Waals surface area contributed by atoms with Gasteiger partial charge in [-0.3, -0.25) is 19.7 Å². The molecule has 0 atom stereocenters. The van der Waals surface area contributed by atoms with E-state index in [4.69, 9.17) is 16.3 Å². The number of benzene rings is 3. The van der Waals surface area contributed by atoms with Crippen molar-refractivity contribution in [3.8, 4) is 5.75 Å². The van der Waals surface area contributed by atoms with Crippen LogP contribution in [0, 0.1) is 10.1 Å². The highest BCUT2D eigenvalue weighted by atomic mass is 35.5. The molecule has 0 saturated carbocycles. The van der Waals surface area contributed by atoms with Crippen LogP contribution in [0.25, 0.3) is 0 Å². The Morgan fingerprint density at radius 3 is 2.27 bits per heavy atom. The molecular formula is C21H16ClN3O5. The lowest BCUT2D eigenvalue weighted by atomic mass is 10.2. The molecule has 9 heteroatoms. The molecule has 0 spiro atoms. The van der Waals surface area contributed by atoms with E-state index in [0.717, 1.165) is 0 Å². The summed E-state index contributed by atoms with van der Waals surface area (Å²) in [6, 6.07) is 18.6. The highest BCUT2D eigenvalue weighted by Crippen LogP contribution is 2.19. The molecule has 0 aliphatic heterocycles. The molecule has 0 aromatic heterocycles. The van der Waals surface area contributed by atoms with E-state index >= 15 is 0 Å². The predicted octanol–water partition coefficient (Wildman–Crippen LogP) is 4.52. The third-order valence-electron chi connectivity index (χ3n) is 3.91. The Kier molecular flexibility index (Phi) is 6.61. The second-order valence-electron chi connectivity index (χ2n) is 6.13. The molecule has 0 unspecified atom stereocenters. The number of anilines is 2. The number of ether oxygens (including phenoxy) is 1. The molecule has 3 aromatic carbocycles. The molecule has 2 N–H and O–H groups in total. The van der Waals surface area contributed by atoms with Crippen LogP contribution in [0.5, 0.6) is 5.75 Å². The Morgan fingerprint density at radius 1 is 0.933 bits per heavy atom. The van der Waals surface area contributed by atoms with Gasteiger partial charge in [0.15, 0.2) is 6.61 Å². The number of carbonyl (C=O) groups excluding carboxylic acids is 2. The topological polar surface area (TPSA) is 111 Å². The van der Waals surface area contributed by atoms with Gasteiger partial charge in [0.2, 0.25) is 0 Å². The van der Waals surface area contributed by atoms with Crippen molar-refractivity contribution in [1.29, 1.82) is 0 Å². The van der Waals surface area contributed by atoms with Crippen molar-refractivity contribution in [2.75, 3.05) is 17.2 Å². The third kappa shape index (κ3) is 5.79. The lowest BCUT2D eigenvalue weighted by molar-refractivity contribution is -0.384. The average Bonchev–Trinajstić information content (AvgIpc) is 2.73. The number of non-ortho nitro benzene ring substituents is 1. The quantitative estimate of drug-likeness (QED) is 0.427. The first kappa shape index (κ1) is 20.8. The molecule has 0 saturated heterocycles. The van der Waals surface area contributed by atoms with Crippen molar-refractivity contribution in [1.82, 2.24) is 0 Å². The van der Waals surface area contributed by atoms with Crippen molar-refractivity contribution in [3.63, 3.8) is 0 Å². The smallest absolute Gasteiger partial charge is 0.269 e. The summed E-state index contributed by atoms with van der Waals surface area (Å²) in [4.78, 5) is 34.6. The van der Waals surface area contributed by atoms with Gasteiger partial charge in [0, 0.05) is 34.1 Å². The molecule has 2 amide bonds. The Labute approximate surface area is 176 Å². The van der Waals surface area contributed by atoms with E-state index in [1.165, 1.54) is 30.3 Å². The Balaban J connectivity index is 1.56. The van der Waals surface area contributed by atoms with Crippen LogP contribution in [-0.2, 0) is 4.79 Å². The highest BCUT2D eigenvalue weighted by molar-refractivity contribution is 6.31. The van der Waals surface area contributed by atoms with Gasteiger partial charge in [0.25, 0.3) is 17.5 Å². The van der Waals surface area contributed by atoms with E-state index in [0.29, 0.717) is 27.7 Å². The minimum absolute atomic E-state index is 0.0698. The minimum atomic E-state index is -0.522. The normalized spacial score (nSPS) is 10.2. The van der Waals surface area contributed by atoms with Gasteiger partial charge < -0.3 is 15.4 Å². The third-order valence-corrected chi connectivity index (χ3v) is 4.14. The van der Waals surface area contributed by atoms with Crippen LogP contribution in [0.1, 0.15) is 10.4 Å². The van der Waals surface area contributed by atoms with Gasteiger partial charge in [0.1, 0.15) is 5.75 Å². The number of amides is 2. The fraction of sp³-hybridized carbons (Fsp3) is 0.0476. The van der Waals surface area contributed by atoms with Gasteiger partial charge in [-0.2, -0.15) is 0 Å². The van der Waals surface area contributed by atoms with Crippen LogP contribution in [-0.4, -0.2) is 23.3 Å². The largest absolute Gasteiger partial charge is 0.484 e. The highest BCUT2D eigenvalue weighted by Gasteiger charge is 2.10. The molecule has 0 aliphatic rings. The number of nitrogens with zero attached hydrogens (tertiary/aromatic N) is 1. The first-order chi connectivity index (χ1) is 14.4. The monoisotopic (exact) mass is 425 g/mol. The molecular weight excluding hydrogens is 410 g/mol. The molecule has 0 aliphatic carbocycles. The minimum Gasteiger partial charge on any atom is -0.484 e. The van der Waals surface area contributed by atoms with Crippen LogP contribution in [0.3, 0.4) is 0 Å². The lowest BCUT2D eigenvalue weighted by Crippen LogP contribution is -2.20. The molecule has 152 valence electrons. The van der Waals surface area contributed by atoms with Crippen LogP contribution in [0.4, 0.5) is 17.1 Å². The van der Waals surface area contributed by atoms with Crippen molar-refractivity contribution >= 4 is 40.5 Å². The number of halogens is 1. The van der Waals surface area contributed by atoms with Crippen molar-refractivity contribution in [3.05, 3.63) is 93.5 Å². The van der Waals surface area contributed by atoms with Crippen molar-refractivity contribution in [2.24, 2.45) is 0 Å². The number of nitro benzene ring substituents is 1. The average molecular weight is 426 g/mol. The molecule has 30 heavy (non-hydrogen) atoms. The molecule has 0 bridgehead atoms. The van der Waals surface area contributed by atoms with Gasteiger partial charge >= 0.3 is 0 Å².